The average Bonchev–Trinajstić information content (AvgIpc) is 3.29. The van der Waals surface area contributed by atoms with E-state index in [4.69, 9.17) is 9.47 Å². The molecular formula is C32H30FNO5S. The highest BCUT2D eigenvalue weighted by Crippen LogP contribution is 2.43. The number of ether oxygens (including phenoxy) is 2. The van der Waals surface area contributed by atoms with E-state index in [0.29, 0.717) is 44.2 Å². The first-order valence-electron chi connectivity index (χ1n) is 13.4. The predicted octanol–water partition coefficient (Wildman–Crippen LogP) is 7.11. The number of ketones is 1. The van der Waals surface area contributed by atoms with Gasteiger partial charge in [-0.25, -0.2) is 9.18 Å². The molecule has 6 rings (SSSR count). The second-order valence-electron chi connectivity index (χ2n) is 10.8. The lowest BCUT2D eigenvalue weighted by Gasteiger charge is -2.16. The van der Waals surface area contributed by atoms with Crippen molar-refractivity contribution in [3.05, 3.63) is 87.3 Å². The molecule has 2 fully saturated rings. The zero-order valence-electron chi connectivity index (χ0n) is 22.6. The van der Waals surface area contributed by atoms with Crippen molar-refractivity contribution in [3.63, 3.8) is 0 Å². The fraction of sp³-hybridized carbons (Fsp3) is 0.312. The molecule has 8 heteroatoms. The fourth-order valence-corrected chi connectivity index (χ4v) is 6.80. The summed E-state index contributed by atoms with van der Waals surface area (Å²) in [6, 6.07) is 16.1. The highest BCUT2D eigenvalue weighted by Gasteiger charge is 2.45. The number of aryl methyl sites for hydroxylation is 3. The van der Waals surface area contributed by atoms with Gasteiger partial charge < -0.3 is 14.6 Å². The molecule has 0 spiro atoms. The van der Waals surface area contributed by atoms with Crippen LogP contribution in [0.2, 0.25) is 0 Å². The van der Waals surface area contributed by atoms with Gasteiger partial charge in [0.2, 0.25) is 5.78 Å². The molecular weight excluding hydrogens is 529 g/mol. The van der Waals surface area contributed by atoms with Crippen molar-refractivity contribution in [1.82, 2.24) is 4.90 Å². The number of fused-ring (bicyclic) bond motifs is 1. The summed E-state index contributed by atoms with van der Waals surface area (Å²) in [5, 5.41) is 10.2. The fourth-order valence-electron chi connectivity index (χ4n) is 5.69. The van der Waals surface area contributed by atoms with Crippen molar-refractivity contribution in [3.8, 4) is 17.2 Å². The maximum absolute atomic E-state index is 13.9. The summed E-state index contributed by atoms with van der Waals surface area (Å²) in [6.45, 7) is 7.42. The second-order valence-corrected chi connectivity index (χ2v) is 11.8. The molecule has 3 aromatic carbocycles. The number of carboxylic acids is 1. The molecule has 6 nitrogen and oxygen atoms in total. The largest absolute Gasteiger partial charge is 0.489 e. The minimum absolute atomic E-state index is 0.0222. The summed E-state index contributed by atoms with van der Waals surface area (Å²) in [6.07, 6.45) is 0.814. The number of benzene rings is 3. The first-order chi connectivity index (χ1) is 19.2. The Morgan fingerprint density at radius 3 is 2.33 bits per heavy atom. The van der Waals surface area contributed by atoms with Crippen molar-refractivity contribution in [2.24, 2.45) is 0 Å². The number of hydrogen-bond donors (Lipinski definition) is 1. The van der Waals surface area contributed by atoms with Crippen molar-refractivity contribution in [2.75, 3.05) is 13.1 Å². The lowest BCUT2D eigenvalue weighted by atomic mass is 9.95. The predicted molar refractivity (Wildman–Crippen MR) is 153 cm³/mol. The molecule has 2 aliphatic rings. The van der Waals surface area contributed by atoms with E-state index in [2.05, 4.69) is 4.90 Å². The van der Waals surface area contributed by atoms with Gasteiger partial charge in [-0.3, -0.25) is 9.69 Å². The number of hydrogen-bond acceptors (Lipinski definition) is 6. The van der Waals surface area contributed by atoms with Crippen molar-refractivity contribution in [1.29, 1.82) is 0 Å². The number of aromatic carboxylic acids is 1. The van der Waals surface area contributed by atoms with Gasteiger partial charge in [0, 0.05) is 34.8 Å². The summed E-state index contributed by atoms with van der Waals surface area (Å²) >= 11 is 1.24. The third kappa shape index (κ3) is 5.09. The van der Waals surface area contributed by atoms with Gasteiger partial charge in [-0.15, -0.1) is 11.3 Å². The number of halogens is 1. The molecule has 1 aliphatic heterocycles. The van der Waals surface area contributed by atoms with Crippen LogP contribution in [0.1, 0.15) is 55.1 Å². The zero-order chi connectivity index (χ0) is 28.1. The first-order valence-corrected chi connectivity index (χ1v) is 14.2. The Morgan fingerprint density at radius 1 is 1.00 bits per heavy atom. The highest BCUT2D eigenvalue weighted by molar-refractivity contribution is 7.21. The first kappa shape index (κ1) is 26.5. The van der Waals surface area contributed by atoms with Gasteiger partial charge in [0.05, 0.1) is 5.56 Å². The van der Waals surface area contributed by atoms with Gasteiger partial charge in [-0.1, -0.05) is 17.7 Å². The maximum Gasteiger partial charge on any atom is 0.335 e. The van der Waals surface area contributed by atoms with Gasteiger partial charge in [-0.05, 0) is 87.2 Å². The number of rotatable bonds is 8. The average molecular weight is 560 g/mol. The molecule has 2 unspecified atom stereocenters. The van der Waals surface area contributed by atoms with Crippen LogP contribution >= 0.6 is 11.3 Å². The van der Waals surface area contributed by atoms with E-state index < -0.39 is 12.1 Å². The van der Waals surface area contributed by atoms with Gasteiger partial charge in [-0.2, -0.15) is 0 Å². The molecule has 0 radical (unpaired) electrons. The van der Waals surface area contributed by atoms with E-state index in [9.17, 15) is 19.1 Å². The van der Waals surface area contributed by atoms with E-state index in [1.165, 1.54) is 17.4 Å². The smallest absolute Gasteiger partial charge is 0.335 e. The van der Waals surface area contributed by atoms with E-state index in [0.717, 1.165) is 36.2 Å². The Balaban J connectivity index is 1.29. The number of carbonyl (C=O) groups excluding carboxylic acids is 1. The number of carbonyl (C=O) groups is 2. The molecule has 2 heterocycles. The quantitative estimate of drug-likeness (QED) is 0.232. The minimum Gasteiger partial charge on any atom is -0.489 e. The summed E-state index contributed by atoms with van der Waals surface area (Å²) < 4.78 is 26.6. The SMILES string of the molecule is Cc1cc(C)c(C(=O)c2sc3cc(C(=O)O)ccc3c2Oc2ccc(O[C@H]3CCN(C4CC4F)C3)cc2)c(C)c1. The Kier molecular flexibility index (Phi) is 6.84. The number of carboxylic acid groups (broad SMARTS) is 1. The van der Waals surface area contributed by atoms with Crippen LogP contribution in [0.5, 0.6) is 17.2 Å². The van der Waals surface area contributed by atoms with Crippen LogP contribution in [-0.4, -0.2) is 53.2 Å². The maximum atomic E-state index is 13.9. The number of nitrogens with zero attached hydrogens (tertiary/aromatic N) is 1. The molecule has 1 N–H and O–H groups in total. The van der Waals surface area contributed by atoms with E-state index in [1.54, 1.807) is 24.3 Å². The van der Waals surface area contributed by atoms with E-state index in [-0.39, 0.29) is 23.5 Å². The monoisotopic (exact) mass is 559 g/mol. The van der Waals surface area contributed by atoms with E-state index in [1.807, 2.05) is 45.0 Å². The Labute approximate surface area is 236 Å². The van der Waals surface area contributed by atoms with Crippen LogP contribution in [0.3, 0.4) is 0 Å². The molecule has 3 atom stereocenters. The molecule has 1 saturated heterocycles. The topological polar surface area (TPSA) is 76.1 Å². The summed E-state index contributed by atoms with van der Waals surface area (Å²) in [5.74, 6) is 0.465. The summed E-state index contributed by atoms with van der Waals surface area (Å²) in [5.41, 5.74) is 3.62. The van der Waals surface area contributed by atoms with Gasteiger partial charge in [0.15, 0.2) is 5.75 Å². The molecule has 206 valence electrons. The van der Waals surface area contributed by atoms with Crippen molar-refractivity contribution >= 4 is 33.2 Å². The van der Waals surface area contributed by atoms with Gasteiger partial charge in [0.25, 0.3) is 0 Å². The third-order valence-corrected chi connectivity index (χ3v) is 8.81. The van der Waals surface area contributed by atoms with E-state index >= 15 is 0 Å². The Morgan fingerprint density at radius 2 is 1.68 bits per heavy atom. The summed E-state index contributed by atoms with van der Waals surface area (Å²) in [4.78, 5) is 28.1. The zero-order valence-corrected chi connectivity index (χ0v) is 23.4. The molecule has 1 saturated carbocycles. The molecule has 1 aromatic heterocycles. The van der Waals surface area contributed by atoms with Crippen molar-refractivity contribution < 1.29 is 28.6 Å². The van der Waals surface area contributed by atoms with Gasteiger partial charge in [0.1, 0.15) is 28.7 Å². The highest BCUT2D eigenvalue weighted by atomic mass is 32.1. The third-order valence-electron chi connectivity index (χ3n) is 7.67. The molecule has 40 heavy (non-hydrogen) atoms. The standard InChI is InChI=1S/C32H30FNO5S/c1-17-12-18(2)28(19(3)13-17)29(35)31-30(24-9-4-20(32(36)37)14-27(24)40-31)39-22-7-5-21(6-8-22)38-23-10-11-34(16-23)26-15-25(26)33/h4-9,12-14,23,25-26H,10-11,15-16H2,1-3H3,(H,36,37)/t23-,25?,26?/m0/s1. The van der Waals surface area contributed by atoms with Crippen LogP contribution in [0.4, 0.5) is 4.39 Å². The van der Waals surface area contributed by atoms with Crippen LogP contribution in [-0.2, 0) is 0 Å². The normalized spacial score (nSPS) is 20.6. The number of alkyl halides is 1. The minimum atomic E-state index is -1.03. The molecule has 4 aromatic rings. The Bertz CT molecular complexity index is 1610. The molecule has 1 aliphatic carbocycles. The lowest BCUT2D eigenvalue weighted by molar-refractivity contribution is 0.0696. The summed E-state index contributed by atoms with van der Waals surface area (Å²) in [7, 11) is 0. The molecule has 0 bridgehead atoms. The lowest BCUT2D eigenvalue weighted by Crippen LogP contribution is -2.28. The number of thiophene rings is 1. The van der Waals surface area contributed by atoms with Crippen LogP contribution in [0.25, 0.3) is 10.1 Å². The van der Waals surface area contributed by atoms with Crippen LogP contribution in [0.15, 0.2) is 54.6 Å². The molecule has 0 amide bonds. The second kappa shape index (κ2) is 10.3. The van der Waals surface area contributed by atoms with Crippen LogP contribution in [0, 0.1) is 20.8 Å². The Hall–Kier alpha value is -3.75. The van der Waals surface area contributed by atoms with Gasteiger partial charge >= 0.3 is 5.97 Å². The number of likely N-dealkylation sites (tertiary alicyclic amines) is 1. The van der Waals surface area contributed by atoms with Crippen LogP contribution < -0.4 is 9.47 Å². The van der Waals surface area contributed by atoms with Crippen molar-refractivity contribution in [2.45, 2.75) is 51.9 Å².